The van der Waals surface area contributed by atoms with Crippen molar-refractivity contribution in [1.29, 1.82) is 0 Å². The van der Waals surface area contributed by atoms with E-state index in [0.717, 1.165) is 17.7 Å². The molecule has 0 heterocycles. The zero-order valence-corrected chi connectivity index (χ0v) is 9.43. The van der Waals surface area contributed by atoms with Crippen molar-refractivity contribution >= 4 is 5.97 Å². The molecule has 0 aromatic heterocycles. The van der Waals surface area contributed by atoms with Gasteiger partial charge in [0.15, 0.2) is 0 Å². The van der Waals surface area contributed by atoms with Gasteiger partial charge in [-0.2, -0.15) is 0 Å². The van der Waals surface area contributed by atoms with E-state index in [1.807, 2.05) is 30.3 Å². The molecular formula is C14H10FO3-. The minimum absolute atomic E-state index is 0.279. The number of rotatable bonds is 4. The third kappa shape index (κ3) is 2.85. The lowest BCUT2D eigenvalue weighted by Gasteiger charge is -2.09. The summed E-state index contributed by atoms with van der Waals surface area (Å²) in [5.41, 5.74) is 0.476. The van der Waals surface area contributed by atoms with Crippen LogP contribution in [0.5, 0.6) is 5.75 Å². The van der Waals surface area contributed by atoms with Crippen LogP contribution in [-0.4, -0.2) is 5.97 Å². The van der Waals surface area contributed by atoms with E-state index in [2.05, 4.69) is 0 Å². The zero-order valence-electron chi connectivity index (χ0n) is 9.43. The number of carboxylic acids is 1. The number of hydrogen-bond acceptors (Lipinski definition) is 3. The molecule has 2 aromatic carbocycles. The fraction of sp³-hybridized carbons (Fsp3) is 0.0714. The first-order valence-corrected chi connectivity index (χ1v) is 5.34. The Morgan fingerprint density at radius 1 is 1.17 bits per heavy atom. The van der Waals surface area contributed by atoms with Crippen LogP contribution in [-0.2, 0) is 6.61 Å². The molecule has 0 unspecified atom stereocenters. The summed E-state index contributed by atoms with van der Waals surface area (Å²) < 4.78 is 18.7. The van der Waals surface area contributed by atoms with Gasteiger partial charge in [0.05, 0.1) is 5.97 Å². The molecule has 0 aliphatic rings. The minimum atomic E-state index is -1.54. The summed E-state index contributed by atoms with van der Waals surface area (Å²) in [6.07, 6.45) is 0. The molecule has 0 bridgehead atoms. The monoisotopic (exact) mass is 245 g/mol. The van der Waals surface area contributed by atoms with Gasteiger partial charge in [-0.3, -0.25) is 0 Å². The fourth-order valence-electron chi connectivity index (χ4n) is 1.49. The van der Waals surface area contributed by atoms with E-state index in [0.29, 0.717) is 6.61 Å². The molecule has 3 nitrogen and oxygen atoms in total. The van der Waals surface area contributed by atoms with E-state index in [4.69, 9.17) is 4.74 Å². The van der Waals surface area contributed by atoms with Gasteiger partial charge in [0.1, 0.15) is 18.2 Å². The second kappa shape index (κ2) is 5.31. The van der Waals surface area contributed by atoms with E-state index in [-0.39, 0.29) is 5.75 Å². The van der Waals surface area contributed by atoms with Gasteiger partial charge in [-0.1, -0.05) is 30.3 Å². The quantitative estimate of drug-likeness (QED) is 0.824. The highest BCUT2D eigenvalue weighted by molar-refractivity contribution is 5.86. The van der Waals surface area contributed by atoms with Gasteiger partial charge in [-0.15, -0.1) is 0 Å². The molecule has 92 valence electrons. The third-order valence-corrected chi connectivity index (χ3v) is 2.41. The van der Waals surface area contributed by atoms with Gasteiger partial charge in [0.25, 0.3) is 0 Å². The Balaban J connectivity index is 2.07. The highest BCUT2D eigenvalue weighted by atomic mass is 19.1. The zero-order chi connectivity index (χ0) is 13.0. The Hall–Kier alpha value is -2.36. The van der Waals surface area contributed by atoms with Gasteiger partial charge in [-0.25, -0.2) is 4.39 Å². The first kappa shape index (κ1) is 12.1. The van der Waals surface area contributed by atoms with Crippen LogP contribution in [0.3, 0.4) is 0 Å². The van der Waals surface area contributed by atoms with Crippen molar-refractivity contribution in [2.24, 2.45) is 0 Å². The average Bonchev–Trinajstić information content (AvgIpc) is 2.37. The number of carbonyl (C=O) groups is 1. The van der Waals surface area contributed by atoms with E-state index >= 15 is 0 Å². The molecule has 0 fully saturated rings. The van der Waals surface area contributed by atoms with Crippen LogP contribution in [0.15, 0.2) is 48.5 Å². The maximum Gasteiger partial charge on any atom is 0.135 e. The van der Waals surface area contributed by atoms with Crippen molar-refractivity contribution in [3.63, 3.8) is 0 Å². The highest BCUT2D eigenvalue weighted by Gasteiger charge is 2.05. The first-order chi connectivity index (χ1) is 8.66. The maximum absolute atomic E-state index is 13.3. The standard InChI is InChI=1S/C14H11FO3/c15-13-8-11(6-7-12(13)14(16)17)18-9-10-4-2-1-3-5-10/h1-8H,9H2,(H,16,17)/p-1. The van der Waals surface area contributed by atoms with Crippen molar-refractivity contribution in [2.75, 3.05) is 0 Å². The van der Waals surface area contributed by atoms with Gasteiger partial charge in [-0.05, 0) is 17.7 Å². The molecular weight excluding hydrogens is 235 g/mol. The fourth-order valence-corrected chi connectivity index (χ4v) is 1.49. The Kier molecular flexibility index (Phi) is 3.57. The molecule has 0 aliphatic heterocycles. The second-order valence-corrected chi connectivity index (χ2v) is 3.70. The molecule has 0 saturated heterocycles. The Morgan fingerprint density at radius 3 is 2.50 bits per heavy atom. The second-order valence-electron chi connectivity index (χ2n) is 3.70. The van der Waals surface area contributed by atoms with Crippen LogP contribution in [0.4, 0.5) is 4.39 Å². The number of hydrogen-bond donors (Lipinski definition) is 0. The Morgan fingerprint density at radius 2 is 1.89 bits per heavy atom. The first-order valence-electron chi connectivity index (χ1n) is 5.34. The molecule has 0 aliphatic carbocycles. The Bertz CT molecular complexity index is 552. The van der Waals surface area contributed by atoms with Crippen LogP contribution in [0, 0.1) is 5.82 Å². The molecule has 0 amide bonds. The number of aromatic carboxylic acids is 1. The lowest BCUT2D eigenvalue weighted by molar-refractivity contribution is -0.255. The predicted molar refractivity (Wildman–Crippen MR) is 61.5 cm³/mol. The van der Waals surface area contributed by atoms with Crippen LogP contribution in [0.2, 0.25) is 0 Å². The number of benzene rings is 2. The smallest absolute Gasteiger partial charge is 0.135 e. The van der Waals surface area contributed by atoms with Crippen molar-refractivity contribution in [3.05, 3.63) is 65.5 Å². The molecule has 4 heteroatoms. The molecule has 0 N–H and O–H groups in total. The molecule has 0 atom stereocenters. The molecule has 2 aromatic rings. The van der Waals surface area contributed by atoms with Crippen molar-refractivity contribution in [1.82, 2.24) is 0 Å². The molecule has 0 radical (unpaired) electrons. The third-order valence-electron chi connectivity index (χ3n) is 2.41. The average molecular weight is 245 g/mol. The van der Waals surface area contributed by atoms with Crippen LogP contribution < -0.4 is 9.84 Å². The molecule has 2 rings (SSSR count). The van der Waals surface area contributed by atoms with Crippen LogP contribution in [0.1, 0.15) is 15.9 Å². The molecule has 18 heavy (non-hydrogen) atoms. The largest absolute Gasteiger partial charge is 0.545 e. The number of carboxylic acid groups (broad SMARTS) is 1. The van der Waals surface area contributed by atoms with Crippen molar-refractivity contribution in [3.8, 4) is 5.75 Å². The van der Waals surface area contributed by atoms with Crippen LogP contribution >= 0.6 is 0 Å². The normalized spacial score (nSPS) is 10.1. The minimum Gasteiger partial charge on any atom is -0.545 e. The summed E-state index contributed by atoms with van der Waals surface area (Å²) in [5.74, 6) is -2.12. The molecule has 0 spiro atoms. The summed E-state index contributed by atoms with van der Waals surface area (Å²) in [7, 11) is 0. The lowest BCUT2D eigenvalue weighted by Crippen LogP contribution is -2.23. The number of halogens is 1. The molecule has 0 saturated carbocycles. The van der Waals surface area contributed by atoms with Crippen LogP contribution in [0.25, 0.3) is 0 Å². The van der Waals surface area contributed by atoms with E-state index in [9.17, 15) is 14.3 Å². The highest BCUT2D eigenvalue weighted by Crippen LogP contribution is 2.17. The predicted octanol–water partition coefficient (Wildman–Crippen LogP) is 1.77. The summed E-state index contributed by atoms with van der Waals surface area (Å²) in [4.78, 5) is 10.5. The summed E-state index contributed by atoms with van der Waals surface area (Å²) in [6, 6.07) is 13.0. The summed E-state index contributed by atoms with van der Waals surface area (Å²) in [5, 5.41) is 10.5. The summed E-state index contributed by atoms with van der Waals surface area (Å²) >= 11 is 0. The van der Waals surface area contributed by atoms with Gasteiger partial charge >= 0.3 is 0 Å². The SMILES string of the molecule is O=C([O-])c1ccc(OCc2ccccc2)cc1F. The van der Waals surface area contributed by atoms with E-state index < -0.39 is 17.3 Å². The summed E-state index contributed by atoms with van der Waals surface area (Å²) in [6.45, 7) is 0.297. The number of ether oxygens (including phenoxy) is 1. The Labute approximate surface area is 103 Å². The number of carbonyl (C=O) groups excluding carboxylic acids is 1. The lowest BCUT2D eigenvalue weighted by atomic mass is 10.2. The van der Waals surface area contributed by atoms with Gasteiger partial charge < -0.3 is 14.6 Å². The van der Waals surface area contributed by atoms with Crippen molar-refractivity contribution < 1.29 is 19.0 Å². The van der Waals surface area contributed by atoms with Gasteiger partial charge in [0, 0.05) is 11.6 Å². The van der Waals surface area contributed by atoms with Crippen molar-refractivity contribution in [2.45, 2.75) is 6.61 Å². The van der Waals surface area contributed by atoms with E-state index in [1.165, 1.54) is 6.07 Å². The van der Waals surface area contributed by atoms with E-state index in [1.54, 1.807) is 0 Å². The maximum atomic E-state index is 13.3. The van der Waals surface area contributed by atoms with Gasteiger partial charge in [0.2, 0.25) is 0 Å². The topological polar surface area (TPSA) is 49.4 Å².